The first-order valence-electron chi connectivity index (χ1n) is 9.36. The zero-order chi connectivity index (χ0) is 22.5. The first-order chi connectivity index (χ1) is 14.2. The van der Waals surface area contributed by atoms with Crippen molar-refractivity contribution in [2.24, 2.45) is 0 Å². The highest BCUT2D eigenvalue weighted by atomic mass is 32.2. The summed E-state index contributed by atoms with van der Waals surface area (Å²) >= 11 is 8.02. The number of benzene rings is 1. The Kier molecular flexibility index (Phi) is 12.4. The second-order valence-corrected chi connectivity index (χ2v) is 9.85. The molecule has 0 heterocycles. The number of hydrogen-bond donors (Lipinski definition) is 1. The molecule has 30 heavy (non-hydrogen) atoms. The molecular formula is C19H25NO7S3. The van der Waals surface area contributed by atoms with Gasteiger partial charge in [0.2, 0.25) is 0 Å². The fourth-order valence-corrected chi connectivity index (χ4v) is 4.84. The third-order valence-electron chi connectivity index (χ3n) is 3.74. The third-order valence-corrected chi connectivity index (χ3v) is 6.50. The van der Waals surface area contributed by atoms with E-state index >= 15 is 0 Å². The van der Waals surface area contributed by atoms with Crippen molar-refractivity contribution in [1.29, 1.82) is 0 Å². The van der Waals surface area contributed by atoms with Crippen molar-refractivity contribution in [3.05, 3.63) is 33.9 Å². The van der Waals surface area contributed by atoms with Gasteiger partial charge in [0.1, 0.15) is 21.1 Å². The van der Waals surface area contributed by atoms with E-state index in [2.05, 4.69) is 6.92 Å². The van der Waals surface area contributed by atoms with Gasteiger partial charge in [-0.3, -0.25) is 19.7 Å². The van der Waals surface area contributed by atoms with Crippen LogP contribution < -0.4 is 4.74 Å². The number of carboxylic acid groups (broad SMARTS) is 1. The van der Waals surface area contributed by atoms with Gasteiger partial charge in [-0.25, -0.2) is 0 Å². The number of nitro groups is 1. The van der Waals surface area contributed by atoms with Gasteiger partial charge in [0.25, 0.3) is 5.69 Å². The molecule has 1 aromatic rings. The summed E-state index contributed by atoms with van der Waals surface area (Å²) in [5.41, 5.74) is 0.00724. The number of unbranched alkanes of at least 4 members (excludes halogenated alkanes) is 1. The number of ether oxygens (including phenoxy) is 2. The lowest BCUT2D eigenvalue weighted by Crippen LogP contribution is -2.18. The molecule has 8 nitrogen and oxygen atoms in total. The van der Waals surface area contributed by atoms with E-state index in [4.69, 9.17) is 26.8 Å². The van der Waals surface area contributed by atoms with Crippen LogP contribution in [0.25, 0.3) is 0 Å². The van der Waals surface area contributed by atoms with Crippen molar-refractivity contribution in [1.82, 2.24) is 0 Å². The van der Waals surface area contributed by atoms with Crippen molar-refractivity contribution in [2.45, 2.75) is 51.4 Å². The summed E-state index contributed by atoms with van der Waals surface area (Å²) < 4.78 is 11.4. The minimum atomic E-state index is -0.926. The Morgan fingerprint density at radius 3 is 2.70 bits per heavy atom. The van der Waals surface area contributed by atoms with E-state index in [9.17, 15) is 19.7 Å². The zero-order valence-corrected chi connectivity index (χ0v) is 19.3. The summed E-state index contributed by atoms with van der Waals surface area (Å²) in [6, 6.07) is 4.12. The minimum absolute atomic E-state index is 0.0361. The van der Waals surface area contributed by atoms with Crippen LogP contribution in [0.15, 0.2) is 18.2 Å². The van der Waals surface area contributed by atoms with Crippen LogP contribution in [-0.2, 0) is 20.9 Å². The van der Waals surface area contributed by atoms with E-state index in [1.54, 1.807) is 6.92 Å². The normalized spacial score (nSPS) is 11.5. The molecule has 0 bridgehead atoms. The number of carbonyl (C=O) groups excluding carboxylic acids is 1. The van der Waals surface area contributed by atoms with E-state index in [0.717, 1.165) is 18.6 Å². The second-order valence-electron chi connectivity index (χ2n) is 6.21. The van der Waals surface area contributed by atoms with Gasteiger partial charge in [-0.15, -0.1) is 11.8 Å². The maximum atomic E-state index is 12.3. The van der Waals surface area contributed by atoms with Gasteiger partial charge in [-0.1, -0.05) is 37.3 Å². The molecule has 1 rings (SSSR count). The number of carboxylic acids is 1. The molecule has 0 fully saturated rings. The monoisotopic (exact) mass is 475 g/mol. The van der Waals surface area contributed by atoms with Crippen LogP contribution in [0.3, 0.4) is 0 Å². The Morgan fingerprint density at radius 1 is 1.33 bits per heavy atom. The predicted octanol–water partition coefficient (Wildman–Crippen LogP) is 4.82. The van der Waals surface area contributed by atoms with Crippen molar-refractivity contribution in [3.63, 3.8) is 0 Å². The van der Waals surface area contributed by atoms with Gasteiger partial charge in [0.15, 0.2) is 0 Å². The highest BCUT2D eigenvalue weighted by molar-refractivity contribution is 8.47. The van der Waals surface area contributed by atoms with Crippen LogP contribution in [0.2, 0.25) is 0 Å². The standard InChI is InChI=1S/C19H25NO7S3/c1-3-4-10-29-19(28)30-13(2)18(23)27-12-14-11-15(7-8-16(14)20(24)25)26-9-5-6-17(21)22/h7-8,11,13H,3-6,9-10,12H2,1-2H3,(H,21,22). The van der Waals surface area contributed by atoms with E-state index in [1.807, 2.05) is 0 Å². The van der Waals surface area contributed by atoms with Crippen molar-refractivity contribution < 1.29 is 29.1 Å². The minimum Gasteiger partial charge on any atom is -0.494 e. The summed E-state index contributed by atoms with van der Waals surface area (Å²) in [5.74, 6) is -0.200. The average molecular weight is 476 g/mol. The Balaban J connectivity index is 2.65. The molecule has 1 atom stereocenters. The van der Waals surface area contributed by atoms with E-state index in [1.165, 1.54) is 41.7 Å². The van der Waals surface area contributed by atoms with Crippen LogP contribution in [0.4, 0.5) is 5.69 Å². The first-order valence-corrected chi connectivity index (χ1v) is 11.6. The molecular weight excluding hydrogens is 450 g/mol. The van der Waals surface area contributed by atoms with Crippen LogP contribution in [0, 0.1) is 10.1 Å². The molecule has 0 spiro atoms. The summed E-state index contributed by atoms with van der Waals surface area (Å²) in [5, 5.41) is 19.4. The molecule has 0 saturated carbocycles. The molecule has 0 aliphatic rings. The number of hydrogen-bond acceptors (Lipinski definition) is 9. The Labute approximate surface area is 189 Å². The zero-order valence-electron chi connectivity index (χ0n) is 16.8. The molecule has 0 aliphatic carbocycles. The maximum Gasteiger partial charge on any atom is 0.319 e. The number of rotatable bonds is 13. The molecule has 0 aliphatic heterocycles. The smallest absolute Gasteiger partial charge is 0.319 e. The number of esters is 1. The largest absolute Gasteiger partial charge is 0.494 e. The number of nitrogens with zero attached hydrogens (tertiary/aromatic N) is 1. The van der Waals surface area contributed by atoms with Crippen molar-refractivity contribution >= 4 is 56.9 Å². The molecule has 11 heteroatoms. The lowest BCUT2D eigenvalue weighted by molar-refractivity contribution is -0.385. The van der Waals surface area contributed by atoms with Crippen LogP contribution in [0.1, 0.15) is 45.1 Å². The number of carbonyl (C=O) groups is 2. The summed E-state index contributed by atoms with van der Waals surface area (Å²) in [6.45, 7) is 3.65. The maximum absolute atomic E-state index is 12.3. The first kappa shape index (κ1) is 26.2. The van der Waals surface area contributed by atoms with Crippen LogP contribution in [0.5, 0.6) is 5.75 Å². The summed E-state index contributed by atoms with van der Waals surface area (Å²) in [7, 11) is 0. The van der Waals surface area contributed by atoms with Gasteiger partial charge in [0.05, 0.1) is 17.1 Å². The Morgan fingerprint density at radius 2 is 2.07 bits per heavy atom. The van der Waals surface area contributed by atoms with Crippen LogP contribution in [-0.4, -0.2) is 43.1 Å². The second kappa shape index (κ2) is 14.2. The van der Waals surface area contributed by atoms with E-state index in [-0.39, 0.29) is 30.9 Å². The molecule has 1 N–H and O–H groups in total. The Bertz CT molecular complexity index is 758. The fourth-order valence-electron chi connectivity index (χ4n) is 2.15. The fraction of sp³-hybridized carbons (Fsp3) is 0.526. The molecule has 0 saturated heterocycles. The molecule has 0 aromatic heterocycles. The Hall–Kier alpha value is -1.85. The number of nitro benzene ring substituents is 1. The van der Waals surface area contributed by atoms with Gasteiger partial charge >= 0.3 is 11.9 Å². The van der Waals surface area contributed by atoms with Gasteiger partial charge in [-0.05, 0) is 37.7 Å². The van der Waals surface area contributed by atoms with Crippen molar-refractivity contribution in [3.8, 4) is 5.75 Å². The van der Waals surface area contributed by atoms with Gasteiger partial charge in [0, 0.05) is 12.5 Å². The summed E-state index contributed by atoms with van der Waals surface area (Å²) in [4.78, 5) is 33.5. The highest BCUT2D eigenvalue weighted by Crippen LogP contribution is 2.27. The van der Waals surface area contributed by atoms with Gasteiger partial charge in [-0.2, -0.15) is 0 Å². The lowest BCUT2D eigenvalue weighted by Gasteiger charge is -2.12. The highest BCUT2D eigenvalue weighted by Gasteiger charge is 2.21. The SMILES string of the molecule is CCCCSC(=S)SC(C)C(=O)OCc1cc(OCCCC(=O)O)ccc1[N+](=O)[O-]. The molecule has 0 amide bonds. The molecule has 1 unspecified atom stereocenters. The number of thioether (sulfide) groups is 2. The third kappa shape index (κ3) is 10.3. The van der Waals surface area contributed by atoms with E-state index in [0.29, 0.717) is 15.7 Å². The summed E-state index contributed by atoms with van der Waals surface area (Å²) in [6.07, 6.45) is 2.38. The molecule has 166 valence electrons. The van der Waals surface area contributed by atoms with Crippen molar-refractivity contribution in [2.75, 3.05) is 12.4 Å². The predicted molar refractivity (Wildman–Crippen MR) is 122 cm³/mol. The molecule has 1 aromatic carbocycles. The van der Waals surface area contributed by atoms with Gasteiger partial charge < -0.3 is 14.6 Å². The van der Waals surface area contributed by atoms with E-state index < -0.39 is 22.1 Å². The quantitative estimate of drug-likeness (QED) is 0.140. The molecule has 0 radical (unpaired) electrons. The number of thiocarbonyl (C=S) groups is 1. The topological polar surface area (TPSA) is 116 Å². The number of aliphatic carboxylic acids is 1. The average Bonchev–Trinajstić information content (AvgIpc) is 2.69. The lowest BCUT2D eigenvalue weighted by atomic mass is 10.2. The van der Waals surface area contributed by atoms with Crippen LogP contribution >= 0.6 is 35.7 Å².